The molecule has 1 saturated heterocycles. The van der Waals surface area contributed by atoms with Crippen molar-refractivity contribution in [2.24, 2.45) is 0 Å². The lowest BCUT2D eigenvalue weighted by Gasteiger charge is -2.34. The number of amides is 1. The Morgan fingerprint density at radius 2 is 2.04 bits per heavy atom. The SMILES string of the molecule is O=C([C@H]1CCCN1c1nccs1)N1CCCc2cc(F)c(F)cc21. The summed E-state index contributed by atoms with van der Waals surface area (Å²) in [5, 5.41) is 2.73. The lowest BCUT2D eigenvalue weighted by Crippen LogP contribution is -2.47. The lowest BCUT2D eigenvalue weighted by atomic mass is 10.00. The number of hydrogen-bond donors (Lipinski definition) is 0. The van der Waals surface area contributed by atoms with Crippen molar-refractivity contribution in [3.63, 3.8) is 0 Å². The molecule has 4 rings (SSSR count). The monoisotopic (exact) mass is 349 g/mol. The number of aromatic nitrogens is 1. The zero-order valence-electron chi connectivity index (χ0n) is 13.0. The fourth-order valence-electron chi connectivity index (χ4n) is 3.60. The highest BCUT2D eigenvalue weighted by atomic mass is 32.1. The van der Waals surface area contributed by atoms with Crippen LogP contribution in [0.5, 0.6) is 0 Å². The van der Waals surface area contributed by atoms with Gasteiger partial charge in [0.25, 0.3) is 0 Å². The van der Waals surface area contributed by atoms with Gasteiger partial charge in [-0.3, -0.25) is 4.79 Å². The predicted octanol–water partition coefficient (Wildman–Crippen LogP) is 3.37. The predicted molar refractivity (Wildman–Crippen MR) is 89.5 cm³/mol. The Labute approximate surface area is 142 Å². The number of rotatable bonds is 2. The van der Waals surface area contributed by atoms with Crippen molar-refractivity contribution in [1.29, 1.82) is 0 Å². The molecule has 1 aromatic carbocycles. The van der Waals surface area contributed by atoms with Crippen LogP contribution in [0.4, 0.5) is 19.6 Å². The molecule has 3 heterocycles. The number of nitrogens with zero attached hydrogens (tertiary/aromatic N) is 3. The van der Waals surface area contributed by atoms with E-state index in [0.29, 0.717) is 24.2 Å². The molecule has 0 unspecified atom stereocenters. The molecule has 0 bridgehead atoms. The van der Waals surface area contributed by atoms with Gasteiger partial charge in [0.05, 0.1) is 0 Å². The number of carbonyl (C=O) groups excluding carboxylic acids is 1. The van der Waals surface area contributed by atoms with Crippen LogP contribution in [0, 0.1) is 11.6 Å². The minimum atomic E-state index is -0.906. The van der Waals surface area contributed by atoms with E-state index in [-0.39, 0.29) is 11.9 Å². The third kappa shape index (κ3) is 2.56. The van der Waals surface area contributed by atoms with Gasteiger partial charge in [-0.2, -0.15) is 0 Å². The van der Waals surface area contributed by atoms with Gasteiger partial charge >= 0.3 is 0 Å². The van der Waals surface area contributed by atoms with Crippen LogP contribution in [-0.2, 0) is 11.2 Å². The lowest BCUT2D eigenvalue weighted by molar-refractivity contribution is -0.119. The number of benzene rings is 1. The van der Waals surface area contributed by atoms with Gasteiger partial charge in [-0.05, 0) is 37.3 Å². The van der Waals surface area contributed by atoms with Crippen LogP contribution in [0.1, 0.15) is 24.8 Å². The van der Waals surface area contributed by atoms with E-state index in [9.17, 15) is 13.6 Å². The summed E-state index contributed by atoms with van der Waals surface area (Å²) in [5.41, 5.74) is 1.21. The first kappa shape index (κ1) is 15.5. The van der Waals surface area contributed by atoms with Crippen LogP contribution in [-0.4, -0.2) is 30.0 Å². The summed E-state index contributed by atoms with van der Waals surface area (Å²) in [5.74, 6) is -1.81. The standard InChI is InChI=1S/C17H17F2N3OS/c18-12-9-11-3-1-6-21(15(11)10-13(12)19)16(23)14-4-2-7-22(14)17-20-5-8-24-17/h5,8-10,14H,1-4,6-7H2/t14-/m1/s1. The number of hydrogen-bond acceptors (Lipinski definition) is 4. The number of aryl methyl sites for hydroxylation is 1. The fraction of sp³-hybridized carbons (Fsp3) is 0.412. The second-order valence-corrected chi connectivity index (χ2v) is 7.03. The van der Waals surface area contributed by atoms with E-state index in [1.165, 1.54) is 17.4 Å². The minimum Gasteiger partial charge on any atom is -0.336 e. The van der Waals surface area contributed by atoms with Crippen molar-refractivity contribution >= 4 is 28.1 Å². The zero-order chi connectivity index (χ0) is 16.7. The van der Waals surface area contributed by atoms with E-state index >= 15 is 0 Å². The van der Waals surface area contributed by atoms with Crippen molar-refractivity contribution in [3.05, 3.63) is 40.9 Å². The second-order valence-electron chi connectivity index (χ2n) is 6.15. The normalized spacial score (nSPS) is 20.3. The molecule has 1 atom stereocenters. The van der Waals surface area contributed by atoms with Gasteiger partial charge < -0.3 is 9.80 Å². The topological polar surface area (TPSA) is 36.4 Å². The highest BCUT2D eigenvalue weighted by Crippen LogP contribution is 2.33. The average Bonchev–Trinajstić information content (AvgIpc) is 3.25. The van der Waals surface area contributed by atoms with Gasteiger partial charge in [0.1, 0.15) is 6.04 Å². The Balaban J connectivity index is 1.65. The summed E-state index contributed by atoms with van der Waals surface area (Å²) in [6.45, 7) is 1.33. The molecule has 4 nitrogen and oxygen atoms in total. The first-order chi connectivity index (χ1) is 11.6. The van der Waals surface area contributed by atoms with Crippen LogP contribution in [0.3, 0.4) is 0 Å². The number of thiazole rings is 1. The van der Waals surface area contributed by atoms with Gasteiger partial charge in [0, 0.05) is 36.4 Å². The summed E-state index contributed by atoms with van der Waals surface area (Å²) in [7, 11) is 0. The molecule has 0 radical (unpaired) electrons. The van der Waals surface area contributed by atoms with Crippen molar-refractivity contribution in [3.8, 4) is 0 Å². The van der Waals surface area contributed by atoms with E-state index in [1.54, 1.807) is 11.1 Å². The molecule has 2 aliphatic heterocycles. The first-order valence-corrected chi connectivity index (χ1v) is 8.98. The summed E-state index contributed by atoms with van der Waals surface area (Å²) in [6, 6.07) is 2.09. The summed E-state index contributed by atoms with van der Waals surface area (Å²) in [6.07, 6.45) is 4.83. The molecule has 126 valence electrons. The quantitative estimate of drug-likeness (QED) is 0.834. The largest absolute Gasteiger partial charge is 0.336 e. The van der Waals surface area contributed by atoms with Gasteiger partial charge in [-0.1, -0.05) is 0 Å². The summed E-state index contributed by atoms with van der Waals surface area (Å²) >= 11 is 1.51. The molecular weight excluding hydrogens is 332 g/mol. The molecule has 1 amide bonds. The van der Waals surface area contributed by atoms with E-state index < -0.39 is 11.6 Å². The van der Waals surface area contributed by atoms with Gasteiger partial charge in [0.2, 0.25) is 5.91 Å². The molecule has 0 N–H and O–H groups in total. The number of anilines is 2. The van der Waals surface area contributed by atoms with Crippen molar-refractivity contribution in [1.82, 2.24) is 4.98 Å². The number of carbonyl (C=O) groups is 1. The Morgan fingerprint density at radius 1 is 1.21 bits per heavy atom. The van der Waals surface area contributed by atoms with E-state index in [4.69, 9.17) is 0 Å². The van der Waals surface area contributed by atoms with Crippen LogP contribution >= 0.6 is 11.3 Å². The molecule has 0 spiro atoms. The molecule has 0 saturated carbocycles. The van der Waals surface area contributed by atoms with Crippen molar-refractivity contribution < 1.29 is 13.6 Å². The zero-order valence-corrected chi connectivity index (χ0v) is 13.9. The molecule has 0 aliphatic carbocycles. The molecule has 2 aliphatic rings. The first-order valence-electron chi connectivity index (χ1n) is 8.10. The van der Waals surface area contributed by atoms with E-state index in [0.717, 1.165) is 37.0 Å². The molecule has 1 fully saturated rings. The molecular formula is C17H17F2N3OS. The Bertz CT molecular complexity index is 765. The maximum absolute atomic E-state index is 13.7. The molecule has 1 aromatic heterocycles. The molecule has 2 aromatic rings. The minimum absolute atomic E-state index is 0.0466. The van der Waals surface area contributed by atoms with Gasteiger partial charge in [-0.25, -0.2) is 13.8 Å². The Hall–Kier alpha value is -2.02. The summed E-state index contributed by atoms with van der Waals surface area (Å²) in [4.78, 5) is 21.1. The van der Waals surface area contributed by atoms with Crippen LogP contribution < -0.4 is 9.80 Å². The Kier molecular flexibility index (Phi) is 3.96. The smallest absolute Gasteiger partial charge is 0.249 e. The molecule has 24 heavy (non-hydrogen) atoms. The maximum atomic E-state index is 13.7. The third-order valence-corrected chi connectivity index (χ3v) is 5.52. The average molecular weight is 349 g/mol. The van der Waals surface area contributed by atoms with Gasteiger partial charge in [-0.15, -0.1) is 11.3 Å². The van der Waals surface area contributed by atoms with E-state index in [1.807, 2.05) is 10.3 Å². The van der Waals surface area contributed by atoms with Crippen LogP contribution in [0.2, 0.25) is 0 Å². The van der Waals surface area contributed by atoms with E-state index in [2.05, 4.69) is 4.98 Å². The molecule has 7 heteroatoms. The van der Waals surface area contributed by atoms with Crippen LogP contribution in [0.15, 0.2) is 23.7 Å². The highest BCUT2D eigenvalue weighted by molar-refractivity contribution is 7.13. The van der Waals surface area contributed by atoms with Crippen LogP contribution in [0.25, 0.3) is 0 Å². The van der Waals surface area contributed by atoms with Gasteiger partial charge in [0.15, 0.2) is 16.8 Å². The van der Waals surface area contributed by atoms with Crippen molar-refractivity contribution in [2.75, 3.05) is 22.9 Å². The Morgan fingerprint density at radius 3 is 2.83 bits per heavy atom. The number of fused-ring (bicyclic) bond motifs is 1. The van der Waals surface area contributed by atoms with Crippen molar-refractivity contribution in [2.45, 2.75) is 31.7 Å². The second kappa shape index (κ2) is 6.12. The summed E-state index contributed by atoms with van der Waals surface area (Å²) < 4.78 is 27.2. The maximum Gasteiger partial charge on any atom is 0.249 e. The fourth-order valence-corrected chi connectivity index (χ4v) is 4.32. The highest BCUT2D eigenvalue weighted by Gasteiger charge is 2.37. The third-order valence-electron chi connectivity index (χ3n) is 4.71. The number of halogens is 2.